The van der Waals surface area contributed by atoms with Gasteiger partial charge in [0.2, 0.25) is 27.7 Å². The lowest BCUT2D eigenvalue weighted by molar-refractivity contribution is -0.132. The number of nitrogens with one attached hydrogen (secondary N) is 2. The molecule has 0 aromatic heterocycles. The fraction of sp³-hybridized carbons (Fsp3) is 0.842. The summed E-state index contributed by atoms with van der Waals surface area (Å²) in [5.74, 6) is -0.450. The van der Waals surface area contributed by atoms with E-state index < -0.39 is 21.6 Å². The molecule has 30 heavy (non-hydrogen) atoms. The molecule has 0 bridgehead atoms. The first-order chi connectivity index (χ1) is 14.1. The molecule has 3 aliphatic heterocycles. The molecule has 11 heteroatoms. The normalized spacial score (nSPS) is 26.1. The Morgan fingerprint density at radius 1 is 1.23 bits per heavy atom. The average molecular weight is 445 g/mol. The molecular formula is C19H32N4O6S. The van der Waals surface area contributed by atoms with Crippen molar-refractivity contribution in [2.75, 3.05) is 45.6 Å². The van der Waals surface area contributed by atoms with Gasteiger partial charge in [-0.2, -0.15) is 4.31 Å². The van der Waals surface area contributed by atoms with E-state index in [2.05, 4.69) is 10.6 Å². The molecular weight excluding hydrogens is 412 g/mol. The Balaban J connectivity index is 1.63. The molecule has 3 rings (SSSR count). The van der Waals surface area contributed by atoms with E-state index in [0.29, 0.717) is 39.1 Å². The van der Waals surface area contributed by atoms with Gasteiger partial charge in [-0.15, -0.1) is 0 Å². The van der Waals surface area contributed by atoms with Gasteiger partial charge in [0, 0.05) is 52.7 Å². The summed E-state index contributed by atoms with van der Waals surface area (Å²) < 4.78 is 31.3. The summed E-state index contributed by atoms with van der Waals surface area (Å²) in [6.45, 7) is 3.80. The number of ether oxygens (including phenoxy) is 1. The van der Waals surface area contributed by atoms with Crippen LogP contribution in [0, 0.1) is 5.92 Å². The minimum Gasteiger partial charge on any atom is -0.381 e. The van der Waals surface area contributed by atoms with E-state index in [0.717, 1.165) is 19.1 Å². The first-order valence-corrected chi connectivity index (χ1v) is 12.3. The summed E-state index contributed by atoms with van der Waals surface area (Å²) >= 11 is 0. The average Bonchev–Trinajstić information content (AvgIpc) is 2.79. The third-order valence-electron chi connectivity index (χ3n) is 6.36. The number of nitrogens with zero attached hydrogens (tertiary/aromatic N) is 2. The van der Waals surface area contributed by atoms with Gasteiger partial charge in [0.25, 0.3) is 0 Å². The maximum atomic E-state index is 12.9. The quantitative estimate of drug-likeness (QED) is 0.577. The fourth-order valence-corrected chi connectivity index (χ4v) is 5.35. The monoisotopic (exact) mass is 444 g/mol. The lowest BCUT2D eigenvalue weighted by atomic mass is 9.90. The molecule has 3 amide bonds. The highest BCUT2D eigenvalue weighted by molar-refractivity contribution is 7.88. The van der Waals surface area contributed by atoms with E-state index in [-0.39, 0.29) is 43.1 Å². The van der Waals surface area contributed by atoms with Gasteiger partial charge >= 0.3 is 0 Å². The van der Waals surface area contributed by atoms with Gasteiger partial charge in [0.15, 0.2) is 0 Å². The number of hydrogen-bond donors (Lipinski definition) is 2. The highest BCUT2D eigenvalue weighted by Gasteiger charge is 2.44. The number of amides is 3. The van der Waals surface area contributed by atoms with Crippen LogP contribution in [0.5, 0.6) is 0 Å². The molecule has 0 aromatic rings. The molecule has 2 N–H and O–H groups in total. The van der Waals surface area contributed by atoms with Crippen molar-refractivity contribution in [2.24, 2.45) is 5.92 Å². The van der Waals surface area contributed by atoms with E-state index in [1.165, 1.54) is 11.2 Å². The molecule has 0 aliphatic carbocycles. The Bertz CT molecular complexity index is 772. The summed E-state index contributed by atoms with van der Waals surface area (Å²) in [5, 5.41) is 5.73. The fourth-order valence-electron chi connectivity index (χ4n) is 4.45. The molecule has 0 aromatic carbocycles. The molecule has 1 unspecified atom stereocenters. The van der Waals surface area contributed by atoms with Crippen molar-refractivity contribution in [1.82, 2.24) is 19.8 Å². The van der Waals surface area contributed by atoms with Crippen LogP contribution in [0.1, 0.15) is 39.0 Å². The van der Waals surface area contributed by atoms with Crippen molar-refractivity contribution >= 4 is 27.7 Å². The highest BCUT2D eigenvalue weighted by atomic mass is 32.2. The van der Waals surface area contributed by atoms with Gasteiger partial charge in [0.05, 0.1) is 11.8 Å². The molecule has 3 saturated heterocycles. The molecule has 0 radical (unpaired) electrons. The second-order valence-electron chi connectivity index (χ2n) is 8.71. The van der Waals surface area contributed by atoms with Crippen molar-refractivity contribution in [1.29, 1.82) is 0 Å². The third kappa shape index (κ3) is 5.70. The lowest BCUT2D eigenvalue weighted by Crippen LogP contribution is -2.58. The Labute approximate surface area is 177 Å². The molecule has 3 heterocycles. The van der Waals surface area contributed by atoms with E-state index in [4.69, 9.17) is 4.74 Å². The predicted octanol–water partition coefficient (Wildman–Crippen LogP) is -0.940. The first kappa shape index (κ1) is 23.0. The second-order valence-corrected chi connectivity index (χ2v) is 10.7. The van der Waals surface area contributed by atoms with Crippen LogP contribution in [-0.4, -0.2) is 92.6 Å². The van der Waals surface area contributed by atoms with Crippen molar-refractivity contribution in [2.45, 2.75) is 50.6 Å². The Hall–Kier alpha value is -1.72. The Morgan fingerprint density at radius 2 is 1.87 bits per heavy atom. The first-order valence-electron chi connectivity index (χ1n) is 10.5. The van der Waals surface area contributed by atoms with Gasteiger partial charge in [-0.25, -0.2) is 8.42 Å². The molecule has 1 spiro atoms. The number of rotatable bonds is 4. The van der Waals surface area contributed by atoms with Crippen LogP contribution in [0.4, 0.5) is 0 Å². The molecule has 3 fully saturated rings. The van der Waals surface area contributed by atoms with E-state index in [1.807, 2.05) is 0 Å². The zero-order chi connectivity index (χ0) is 21.9. The highest BCUT2D eigenvalue weighted by Crippen LogP contribution is 2.26. The zero-order valence-corrected chi connectivity index (χ0v) is 18.5. The summed E-state index contributed by atoms with van der Waals surface area (Å²) in [7, 11) is -3.55. The van der Waals surface area contributed by atoms with E-state index in [1.54, 1.807) is 4.90 Å². The van der Waals surface area contributed by atoms with Crippen molar-refractivity contribution in [3.8, 4) is 0 Å². The minimum absolute atomic E-state index is 0.0379. The molecule has 3 aliphatic rings. The van der Waals surface area contributed by atoms with Gasteiger partial charge in [0.1, 0.15) is 6.04 Å². The van der Waals surface area contributed by atoms with Crippen LogP contribution in [-0.2, 0) is 29.1 Å². The summed E-state index contributed by atoms with van der Waals surface area (Å²) in [4.78, 5) is 38.7. The van der Waals surface area contributed by atoms with E-state index in [9.17, 15) is 22.8 Å². The van der Waals surface area contributed by atoms with E-state index >= 15 is 0 Å². The maximum Gasteiger partial charge on any atom is 0.244 e. The third-order valence-corrected chi connectivity index (χ3v) is 7.57. The van der Waals surface area contributed by atoms with Crippen LogP contribution in [0.15, 0.2) is 0 Å². The smallest absolute Gasteiger partial charge is 0.244 e. The topological polar surface area (TPSA) is 125 Å². The van der Waals surface area contributed by atoms with Crippen molar-refractivity contribution in [3.05, 3.63) is 0 Å². The number of hydrogen-bond acceptors (Lipinski definition) is 6. The number of carbonyl (C=O) groups is 3. The van der Waals surface area contributed by atoms with Gasteiger partial charge in [-0.3, -0.25) is 14.4 Å². The second kappa shape index (κ2) is 9.19. The largest absolute Gasteiger partial charge is 0.381 e. The molecule has 10 nitrogen and oxygen atoms in total. The van der Waals surface area contributed by atoms with Crippen LogP contribution in [0.2, 0.25) is 0 Å². The zero-order valence-electron chi connectivity index (χ0n) is 17.7. The van der Waals surface area contributed by atoms with Crippen LogP contribution >= 0.6 is 0 Å². The minimum atomic E-state index is -3.55. The van der Waals surface area contributed by atoms with Crippen molar-refractivity contribution in [3.63, 3.8) is 0 Å². The number of carbonyl (C=O) groups excluding carboxylic acids is 3. The van der Waals surface area contributed by atoms with Crippen LogP contribution in [0.25, 0.3) is 0 Å². The number of piperidine rings is 1. The summed E-state index contributed by atoms with van der Waals surface area (Å²) in [6, 6.07) is -0.938. The van der Waals surface area contributed by atoms with Crippen LogP contribution < -0.4 is 10.6 Å². The lowest BCUT2D eigenvalue weighted by Gasteiger charge is -2.38. The summed E-state index contributed by atoms with van der Waals surface area (Å²) in [6.07, 6.45) is 3.91. The molecule has 170 valence electrons. The Morgan fingerprint density at radius 3 is 2.43 bits per heavy atom. The molecule has 0 saturated carbocycles. The summed E-state index contributed by atoms with van der Waals surface area (Å²) in [5.41, 5.74) is -0.669. The molecule has 1 atom stereocenters. The number of likely N-dealkylation sites (tertiary alicyclic amines) is 1. The van der Waals surface area contributed by atoms with Crippen molar-refractivity contribution < 1.29 is 27.5 Å². The SMILES string of the molecule is CC(=O)N1CCC(CC(=O)NC2CN(S(C)(=O)=O)CC3(CCOCC3)NC2=O)CC1. The Kier molecular flexibility index (Phi) is 7.03. The number of sulfonamides is 1. The predicted molar refractivity (Wildman–Crippen MR) is 109 cm³/mol. The maximum absolute atomic E-state index is 12.9. The van der Waals surface area contributed by atoms with Crippen LogP contribution in [0.3, 0.4) is 0 Å². The van der Waals surface area contributed by atoms with Gasteiger partial charge in [-0.1, -0.05) is 0 Å². The van der Waals surface area contributed by atoms with Gasteiger partial charge in [-0.05, 0) is 31.6 Å². The van der Waals surface area contributed by atoms with Gasteiger partial charge < -0.3 is 20.3 Å². The standard InChI is InChI=1S/C19H32N4O6S/c1-14(24)22-7-3-15(4-8-22)11-17(25)20-16-12-23(30(2,27)28)13-19(21-18(16)26)5-9-29-10-6-19/h15-16H,3-13H2,1-2H3,(H,20,25)(H,21,26).